The Labute approximate surface area is 244 Å². The molecule has 4 aromatic rings. The summed E-state index contributed by atoms with van der Waals surface area (Å²) in [4.78, 5) is 24.7. The van der Waals surface area contributed by atoms with Gasteiger partial charge in [0.25, 0.3) is 5.09 Å². The second kappa shape index (κ2) is 13.8. The smallest absolute Gasteiger partial charge is 0.323 e. The average Bonchev–Trinajstić information content (AvgIpc) is 3.59. The molecule has 1 aliphatic heterocycles. The molecule has 0 unspecified atom stereocenters. The molecule has 12 nitrogen and oxygen atoms in total. The number of halogens is 2. The quantitative estimate of drug-likeness (QED) is 0.168. The topological polar surface area (TPSA) is 150 Å². The van der Waals surface area contributed by atoms with Gasteiger partial charge in [-0.2, -0.15) is 0 Å². The zero-order valence-corrected chi connectivity index (χ0v) is 22.9. The van der Waals surface area contributed by atoms with Crippen molar-refractivity contribution in [3.8, 4) is 5.75 Å². The number of rotatable bonds is 8. The molecule has 214 valence electrons. The van der Waals surface area contributed by atoms with Crippen LogP contribution in [-0.4, -0.2) is 45.2 Å². The van der Waals surface area contributed by atoms with E-state index in [1.54, 1.807) is 48.9 Å². The number of hydrogen-bond acceptors (Lipinski definition) is 7. The van der Waals surface area contributed by atoms with E-state index in [1.807, 2.05) is 47.2 Å². The van der Waals surface area contributed by atoms with Crippen LogP contribution < -0.4 is 15.4 Å². The largest absolute Gasteiger partial charge is 0.491 e. The number of hydrogen-bond donors (Lipinski definition) is 3. The number of ether oxygens (including phenoxy) is 3. The summed E-state index contributed by atoms with van der Waals surface area (Å²) < 4.78 is 20.4. The van der Waals surface area contributed by atoms with E-state index in [2.05, 4.69) is 15.6 Å². The van der Waals surface area contributed by atoms with E-state index in [9.17, 15) is 4.79 Å². The highest BCUT2D eigenvalue weighted by molar-refractivity contribution is 6.35. The molecule has 0 radical (unpaired) electrons. The van der Waals surface area contributed by atoms with E-state index in [-0.39, 0.29) is 18.7 Å². The Morgan fingerprint density at radius 2 is 1.80 bits per heavy atom. The van der Waals surface area contributed by atoms with Crippen molar-refractivity contribution in [1.82, 2.24) is 9.55 Å². The van der Waals surface area contributed by atoms with Crippen LogP contribution >= 0.6 is 23.2 Å². The zero-order valence-electron chi connectivity index (χ0n) is 21.4. The number of nitrogens with zero attached hydrogens (tertiary/aromatic N) is 3. The summed E-state index contributed by atoms with van der Waals surface area (Å²) in [6.45, 7) is 0.932. The van der Waals surface area contributed by atoms with Gasteiger partial charge in [0, 0.05) is 34.4 Å². The number of nitrogens with one attached hydrogen (secondary N) is 2. The fourth-order valence-corrected chi connectivity index (χ4v) is 4.57. The predicted octanol–water partition coefficient (Wildman–Crippen LogP) is 5.83. The van der Waals surface area contributed by atoms with Crippen molar-refractivity contribution < 1.29 is 29.3 Å². The number of benzene rings is 3. The number of amides is 2. The summed E-state index contributed by atoms with van der Waals surface area (Å²) >= 11 is 12.6. The van der Waals surface area contributed by atoms with Crippen molar-refractivity contribution in [2.45, 2.75) is 18.4 Å². The molecular formula is C27H25Cl2N5O7. The average molecular weight is 602 g/mol. The molecular weight excluding hydrogens is 577 g/mol. The molecule has 1 saturated heterocycles. The van der Waals surface area contributed by atoms with Gasteiger partial charge >= 0.3 is 6.03 Å². The maximum absolute atomic E-state index is 12.2. The molecule has 1 aromatic heterocycles. The molecule has 0 bridgehead atoms. The minimum Gasteiger partial charge on any atom is -0.491 e. The first-order valence-electron chi connectivity index (χ1n) is 12.1. The third kappa shape index (κ3) is 8.56. The van der Waals surface area contributed by atoms with Gasteiger partial charge in [0.2, 0.25) is 5.79 Å². The van der Waals surface area contributed by atoms with Gasteiger partial charge in [0.1, 0.15) is 18.5 Å². The first kappa shape index (κ1) is 29.6. The summed E-state index contributed by atoms with van der Waals surface area (Å²) in [5, 5.41) is 20.2. The summed E-state index contributed by atoms with van der Waals surface area (Å²) in [5.74, 6) is -0.481. The molecule has 5 rings (SSSR count). The Hall–Kier alpha value is -4.36. The monoisotopic (exact) mass is 601 g/mol. The highest BCUT2D eigenvalue weighted by Crippen LogP contribution is 2.40. The molecule has 0 spiro atoms. The van der Waals surface area contributed by atoms with E-state index in [0.29, 0.717) is 45.9 Å². The molecule has 2 amide bonds. The van der Waals surface area contributed by atoms with Gasteiger partial charge in [-0.05, 0) is 48.5 Å². The van der Waals surface area contributed by atoms with Gasteiger partial charge in [-0.15, -0.1) is 10.1 Å². The molecule has 3 N–H and O–H groups in total. The maximum Gasteiger partial charge on any atom is 0.323 e. The van der Waals surface area contributed by atoms with Crippen molar-refractivity contribution >= 4 is 40.6 Å². The van der Waals surface area contributed by atoms with Crippen LogP contribution in [0.25, 0.3) is 0 Å². The summed E-state index contributed by atoms with van der Waals surface area (Å²) in [6, 6.07) is 21.2. The van der Waals surface area contributed by atoms with Crippen LogP contribution in [0.4, 0.5) is 16.2 Å². The van der Waals surface area contributed by atoms with E-state index in [1.165, 1.54) is 0 Å². The van der Waals surface area contributed by atoms with Gasteiger partial charge in [0.05, 0.1) is 24.5 Å². The Bertz CT molecular complexity index is 1440. The molecule has 41 heavy (non-hydrogen) atoms. The van der Waals surface area contributed by atoms with Gasteiger partial charge in [-0.3, -0.25) is 0 Å². The SMILES string of the molecule is O=C(Nc1ccccc1)Nc1ccc(OC[C@@H]2CO[C@@](Cn3ccnc3)(c3ccc(Cl)cc3Cl)O2)cc1.O=[N+]([O-])O. The highest BCUT2D eigenvalue weighted by Gasteiger charge is 2.45. The van der Waals surface area contributed by atoms with Crippen molar-refractivity contribution in [3.05, 3.63) is 117 Å². The van der Waals surface area contributed by atoms with Crippen LogP contribution in [0.15, 0.2) is 91.5 Å². The van der Waals surface area contributed by atoms with E-state index >= 15 is 0 Å². The highest BCUT2D eigenvalue weighted by atomic mass is 35.5. The number of anilines is 2. The maximum atomic E-state index is 12.2. The second-order valence-electron chi connectivity index (χ2n) is 8.68. The molecule has 2 atom stereocenters. The number of carbonyl (C=O) groups excluding carboxylic acids is 1. The molecule has 2 heterocycles. The van der Waals surface area contributed by atoms with Crippen LogP contribution in [0.3, 0.4) is 0 Å². The van der Waals surface area contributed by atoms with Crippen molar-refractivity contribution in [3.63, 3.8) is 0 Å². The van der Waals surface area contributed by atoms with E-state index in [0.717, 1.165) is 0 Å². The summed E-state index contributed by atoms with van der Waals surface area (Å²) in [5.41, 5.74) is 2.03. The number of urea groups is 1. The minimum atomic E-state index is -1.50. The Morgan fingerprint density at radius 1 is 1.12 bits per heavy atom. The van der Waals surface area contributed by atoms with Gasteiger partial charge < -0.3 is 34.6 Å². The lowest BCUT2D eigenvalue weighted by molar-refractivity contribution is -0.742. The van der Waals surface area contributed by atoms with Crippen LogP contribution in [0.1, 0.15) is 5.56 Å². The lowest BCUT2D eigenvalue weighted by atomic mass is 10.1. The fraction of sp³-hybridized carbons (Fsp3) is 0.185. The molecule has 0 aliphatic carbocycles. The predicted molar refractivity (Wildman–Crippen MR) is 151 cm³/mol. The summed E-state index contributed by atoms with van der Waals surface area (Å²) in [6.07, 6.45) is 4.87. The molecule has 1 fully saturated rings. The summed E-state index contributed by atoms with van der Waals surface area (Å²) in [7, 11) is 0. The molecule has 14 heteroatoms. The molecule has 3 aromatic carbocycles. The second-order valence-corrected chi connectivity index (χ2v) is 9.52. The van der Waals surface area contributed by atoms with Crippen LogP contribution in [0, 0.1) is 10.1 Å². The zero-order chi connectivity index (χ0) is 29.2. The number of imidazole rings is 1. The van der Waals surface area contributed by atoms with Crippen LogP contribution in [-0.2, 0) is 21.8 Å². The Balaban J connectivity index is 0.000000909. The number of carbonyl (C=O) groups is 1. The molecule has 1 aliphatic rings. The third-order valence-corrected chi connectivity index (χ3v) is 6.28. The molecule has 0 saturated carbocycles. The van der Waals surface area contributed by atoms with Crippen molar-refractivity contribution in [2.75, 3.05) is 23.8 Å². The van der Waals surface area contributed by atoms with Crippen LogP contribution in [0.5, 0.6) is 5.75 Å². The van der Waals surface area contributed by atoms with Crippen molar-refractivity contribution in [2.24, 2.45) is 0 Å². The number of aromatic nitrogens is 2. The van der Waals surface area contributed by atoms with E-state index < -0.39 is 10.9 Å². The first-order chi connectivity index (χ1) is 19.7. The van der Waals surface area contributed by atoms with Gasteiger partial charge in [-0.25, -0.2) is 9.78 Å². The normalized spacial score (nSPS) is 17.7. The lowest BCUT2D eigenvalue weighted by Crippen LogP contribution is -2.34. The van der Waals surface area contributed by atoms with Crippen LogP contribution in [0.2, 0.25) is 10.0 Å². The lowest BCUT2D eigenvalue weighted by Gasteiger charge is -2.30. The first-order valence-corrected chi connectivity index (χ1v) is 12.9. The minimum absolute atomic E-state index is 0.262. The standard InChI is InChI=1S/C27H24Cl2N4O4.HNO3/c28-19-6-11-24(25(29)14-19)27(17-33-13-12-30-18-33)36-16-23(37-27)15-35-22-9-7-21(8-10-22)32-26(34)31-20-4-2-1-3-5-20;2-1(3)4/h1-14,18,23H,15-17H2,(H2,31,32,34);(H,2,3,4)/t23-,27-;/m1./s1. The Kier molecular flexibility index (Phi) is 9.98. The van der Waals surface area contributed by atoms with Gasteiger partial charge in [-0.1, -0.05) is 47.5 Å². The number of para-hydroxylation sites is 1. The third-order valence-electron chi connectivity index (χ3n) is 5.73. The Morgan fingerprint density at radius 3 is 2.44 bits per heavy atom. The van der Waals surface area contributed by atoms with Gasteiger partial charge in [0.15, 0.2) is 0 Å². The van der Waals surface area contributed by atoms with E-state index in [4.69, 9.17) is 52.7 Å². The van der Waals surface area contributed by atoms with Crippen molar-refractivity contribution in [1.29, 1.82) is 0 Å². The fourth-order valence-electron chi connectivity index (χ4n) is 4.01.